The number of aliphatic hydroxyl groups excluding tert-OH is 4. The molecule has 0 aromatic rings. The summed E-state index contributed by atoms with van der Waals surface area (Å²) in [6, 6.07) is 0. The standard InChI is InChI=1S/C8H16N6O4S2/c9-7(19)13-11-1-3(12-14-8(10)20)5(17)6(18)4(16)2-15/h1,4-6,15-18H,2H2,(H3,9,13,19)(H3,10,14,20)/b11-1+,12-3?. The van der Waals surface area contributed by atoms with Crippen LogP contribution in [0.4, 0.5) is 0 Å². The number of hydrogen-bond donors (Lipinski definition) is 8. The minimum absolute atomic E-state index is 0.131. The maximum absolute atomic E-state index is 9.80. The lowest BCUT2D eigenvalue weighted by Crippen LogP contribution is -2.45. The molecule has 12 heteroatoms. The van der Waals surface area contributed by atoms with Gasteiger partial charge in [0, 0.05) is 0 Å². The summed E-state index contributed by atoms with van der Waals surface area (Å²) in [6.07, 6.45) is -3.97. The first-order valence-corrected chi connectivity index (χ1v) is 5.97. The van der Waals surface area contributed by atoms with E-state index in [1.165, 1.54) is 0 Å². The first-order chi connectivity index (χ1) is 9.29. The SMILES string of the molecule is NC(=S)NN=C(/C=N/NC(N)=S)C(O)C(O)C(O)CO. The molecule has 0 radical (unpaired) electrons. The molecule has 0 aromatic heterocycles. The minimum atomic E-state index is -1.71. The largest absolute Gasteiger partial charge is 0.394 e. The van der Waals surface area contributed by atoms with Crippen LogP contribution in [-0.4, -0.2) is 67.5 Å². The summed E-state index contributed by atoms with van der Waals surface area (Å²) in [5.41, 5.74) is 14.4. The van der Waals surface area contributed by atoms with E-state index < -0.39 is 24.9 Å². The van der Waals surface area contributed by atoms with Crippen LogP contribution in [0, 0.1) is 0 Å². The van der Waals surface area contributed by atoms with Gasteiger partial charge in [-0.25, -0.2) is 0 Å². The van der Waals surface area contributed by atoms with Gasteiger partial charge in [-0.05, 0) is 24.4 Å². The number of nitrogens with zero attached hydrogens (tertiary/aromatic N) is 2. The van der Waals surface area contributed by atoms with E-state index in [9.17, 15) is 15.3 Å². The van der Waals surface area contributed by atoms with Gasteiger partial charge in [0.25, 0.3) is 0 Å². The second-order valence-corrected chi connectivity index (χ2v) is 4.31. The summed E-state index contributed by atoms with van der Waals surface area (Å²) in [5.74, 6) is 0. The van der Waals surface area contributed by atoms with Crippen LogP contribution in [0.5, 0.6) is 0 Å². The van der Waals surface area contributed by atoms with E-state index in [1.807, 2.05) is 0 Å². The van der Waals surface area contributed by atoms with E-state index in [2.05, 4.69) is 45.5 Å². The van der Waals surface area contributed by atoms with Gasteiger partial charge in [0.05, 0.1) is 12.8 Å². The lowest BCUT2D eigenvalue weighted by Gasteiger charge is -2.21. The number of hydrazone groups is 2. The fourth-order valence-electron chi connectivity index (χ4n) is 0.946. The molecule has 3 atom stereocenters. The highest BCUT2D eigenvalue weighted by molar-refractivity contribution is 7.80. The molecule has 0 rings (SSSR count). The van der Waals surface area contributed by atoms with Crippen molar-refractivity contribution < 1.29 is 20.4 Å². The normalized spacial score (nSPS) is 16.5. The van der Waals surface area contributed by atoms with Crippen LogP contribution in [0.25, 0.3) is 0 Å². The second kappa shape index (κ2) is 9.46. The first kappa shape index (κ1) is 18.6. The van der Waals surface area contributed by atoms with Crippen LogP contribution < -0.4 is 22.3 Å². The average molecular weight is 324 g/mol. The number of nitrogens with one attached hydrogen (secondary N) is 2. The summed E-state index contributed by atoms with van der Waals surface area (Å²) >= 11 is 9.02. The minimum Gasteiger partial charge on any atom is -0.394 e. The third-order valence-electron chi connectivity index (χ3n) is 1.87. The molecule has 0 heterocycles. The molecule has 0 fully saturated rings. The third kappa shape index (κ3) is 7.22. The first-order valence-electron chi connectivity index (χ1n) is 5.16. The molecular formula is C8H16N6O4S2. The average Bonchev–Trinajstić information content (AvgIpc) is 2.39. The Morgan fingerprint density at radius 1 is 1.15 bits per heavy atom. The molecule has 0 bridgehead atoms. The highest BCUT2D eigenvalue weighted by Crippen LogP contribution is 2.01. The zero-order valence-corrected chi connectivity index (χ0v) is 11.8. The predicted molar refractivity (Wildman–Crippen MR) is 80.9 cm³/mol. The van der Waals surface area contributed by atoms with Gasteiger partial charge in [-0.3, -0.25) is 10.9 Å². The summed E-state index contributed by atoms with van der Waals surface area (Å²) < 4.78 is 0. The molecule has 10 N–H and O–H groups in total. The Balaban J connectivity index is 5.00. The summed E-state index contributed by atoms with van der Waals surface area (Å²) in [4.78, 5) is 0. The van der Waals surface area contributed by atoms with Gasteiger partial charge in [0.2, 0.25) is 0 Å². The van der Waals surface area contributed by atoms with Gasteiger partial charge in [0.1, 0.15) is 24.0 Å². The van der Waals surface area contributed by atoms with Crippen LogP contribution in [0.2, 0.25) is 0 Å². The van der Waals surface area contributed by atoms with Gasteiger partial charge >= 0.3 is 0 Å². The molecule has 3 unspecified atom stereocenters. The van der Waals surface area contributed by atoms with Crippen LogP contribution in [0.15, 0.2) is 10.2 Å². The van der Waals surface area contributed by atoms with Crippen molar-refractivity contribution in [2.45, 2.75) is 18.3 Å². The second-order valence-electron chi connectivity index (χ2n) is 3.43. The van der Waals surface area contributed by atoms with E-state index in [0.717, 1.165) is 6.21 Å². The molecule has 0 aliphatic heterocycles. The van der Waals surface area contributed by atoms with Crippen molar-refractivity contribution in [2.24, 2.45) is 21.7 Å². The lowest BCUT2D eigenvalue weighted by atomic mass is 10.0. The number of thiocarbonyl (C=S) groups is 2. The maximum atomic E-state index is 9.80. The highest BCUT2D eigenvalue weighted by Gasteiger charge is 2.27. The number of aliphatic hydroxyl groups is 4. The van der Waals surface area contributed by atoms with Crippen LogP contribution in [-0.2, 0) is 0 Å². The monoisotopic (exact) mass is 324 g/mol. The Labute approximate surface area is 125 Å². The van der Waals surface area contributed by atoms with E-state index in [-0.39, 0.29) is 15.9 Å². The molecule has 20 heavy (non-hydrogen) atoms. The molecular weight excluding hydrogens is 308 g/mol. The Hall–Kier alpha value is -1.44. The van der Waals surface area contributed by atoms with E-state index in [4.69, 9.17) is 16.6 Å². The number of hydrogen-bond acceptors (Lipinski definition) is 8. The smallest absolute Gasteiger partial charge is 0.184 e. The van der Waals surface area contributed by atoms with Crippen molar-refractivity contribution in [3.63, 3.8) is 0 Å². The van der Waals surface area contributed by atoms with Gasteiger partial charge in [-0.2, -0.15) is 10.2 Å². The van der Waals surface area contributed by atoms with Gasteiger partial charge in [-0.1, -0.05) is 0 Å². The van der Waals surface area contributed by atoms with E-state index in [1.54, 1.807) is 0 Å². The third-order valence-corrected chi connectivity index (χ3v) is 2.06. The summed E-state index contributed by atoms with van der Waals surface area (Å²) in [7, 11) is 0. The molecule has 0 aromatic carbocycles. The van der Waals surface area contributed by atoms with Gasteiger partial charge in [0.15, 0.2) is 10.2 Å². The molecule has 0 saturated heterocycles. The Morgan fingerprint density at radius 2 is 1.70 bits per heavy atom. The molecule has 0 spiro atoms. The quantitative estimate of drug-likeness (QED) is 0.131. The molecule has 114 valence electrons. The Bertz CT molecular complexity index is 404. The zero-order chi connectivity index (χ0) is 15.7. The van der Waals surface area contributed by atoms with Crippen molar-refractivity contribution in [3.05, 3.63) is 0 Å². The maximum Gasteiger partial charge on any atom is 0.184 e. The van der Waals surface area contributed by atoms with Gasteiger partial charge in [-0.15, -0.1) is 0 Å². The van der Waals surface area contributed by atoms with Crippen molar-refractivity contribution in [1.29, 1.82) is 0 Å². The van der Waals surface area contributed by atoms with Crippen molar-refractivity contribution in [1.82, 2.24) is 10.9 Å². The fraction of sp³-hybridized carbons (Fsp3) is 0.500. The van der Waals surface area contributed by atoms with Crippen molar-refractivity contribution in [3.8, 4) is 0 Å². The Kier molecular flexibility index (Phi) is 8.78. The molecule has 0 aliphatic rings. The van der Waals surface area contributed by atoms with Crippen molar-refractivity contribution >= 4 is 46.6 Å². The molecule has 0 saturated carbocycles. The zero-order valence-electron chi connectivity index (χ0n) is 10.2. The van der Waals surface area contributed by atoms with E-state index >= 15 is 0 Å². The predicted octanol–water partition coefficient (Wildman–Crippen LogP) is -3.93. The van der Waals surface area contributed by atoms with E-state index in [0.29, 0.717) is 0 Å². The Morgan fingerprint density at radius 3 is 2.15 bits per heavy atom. The molecule has 0 aliphatic carbocycles. The van der Waals surface area contributed by atoms with Crippen molar-refractivity contribution in [2.75, 3.05) is 6.61 Å². The lowest BCUT2D eigenvalue weighted by molar-refractivity contribution is -0.0549. The highest BCUT2D eigenvalue weighted by atomic mass is 32.1. The number of nitrogens with two attached hydrogens (primary N) is 2. The fourth-order valence-corrected chi connectivity index (χ4v) is 1.04. The van der Waals surface area contributed by atoms with Gasteiger partial charge < -0.3 is 31.9 Å². The van der Waals surface area contributed by atoms with Crippen LogP contribution >= 0.6 is 24.4 Å². The topological polar surface area (TPSA) is 182 Å². The summed E-state index contributed by atoms with van der Waals surface area (Å²) in [5, 5.41) is 44.1. The van der Waals surface area contributed by atoms with Crippen LogP contribution in [0.3, 0.4) is 0 Å². The number of rotatable bonds is 7. The summed E-state index contributed by atoms with van der Waals surface area (Å²) in [6.45, 7) is -0.753. The molecule has 0 amide bonds. The molecule has 10 nitrogen and oxygen atoms in total. The van der Waals surface area contributed by atoms with Crippen LogP contribution in [0.1, 0.15) is 0 Å².